The van der Waals surface area contributed by atoms with E-state index in [2.05, 4.69) is 9.97 Å². The highest BCUT2D eigenvalue weighted by Crippen LogP contribution is 2.14. The number of pyridine rings is 2. The molecule has 0 amide bonds. The molecule has 2 aromatic heterocycles. The van der Waals surface area contributed by atoms with Gasteiger partial charge in [-0.3, -0.25) is 14.9 Å². The van der Waals surface area contributed by atoms with Gasteiger partial charge in [0.05, 0.1) is 4.92 Å². The first-order valence-electron chi connectivity index (χ1n) is 4.02. The van der Waals surface area contributed by atoms with Crippen LogP contribution in [0.3, 0.4) is 0 Å². The van der Waals surface area contributed by atoms with Crippen molar-refractivity contribution in [2.24, 2.45) is 0 Å². The minimum atomic E-state index is -0.786. The van der Waals surface area contributed by atoms with Crippen LogP contribution in [0.1, 0.15) is 0 Å². The summed E-state index contributed by atoms with van der Waals surface area (Å²) in [6.07, 6.45) is 0. The third-order valence-electron chi connectivity index (χ3n) is 1.90. The number of fused-ring (bicyclic) bond motifs is 1. The third kappa shape index (κ3) is 1.50. The predicted octanol–water partition coefficient (Wildman–Crippen LogP) is 0.413. The molecule has 7 nitrogen and oxygen atoms in total. The van der Waals surface area contributed by atoms with Crippen LogP contribution in [0.15, 0.2) is 23.0 Å². The summed E-state index contributed by atoms with van der Waals surface area (Å²) in [5.41, 5.74) is 4.35. The molecule has 15 heavy (non-hydrogen) atoms. The number of rotatable bonds is 1. The molecule has 0 saturated heterocycles. The van der Waals surface area contributed by atoms with Gasteiger partial charge in [-0.15, -0.1) is 0 Å². The normalized spacial score (nSPS) is 10.4. The number of aromatic amines is 1. The van der Waals surface area contributed by atoms with Gasteiger partial charge in [0.25, 0.3) is 0 Å². The van der Waals surface area contributed by atoms with E-state index in [-0.39, 0.29) is 11.5 Å². The van der Waals surface area contributed by atoms with Gasteiger partial charge >= 0.3 is 11.2 Å². The predicted molar refractivity (Wildman–Crippen MR) is 53.4 cm³/mol. The molecule has 7 heteroatoms. The Bertz CT molecular complexity index is 604. The third-order valence-corrected chi connectivity index (χ3v) is 1.90. The number of nitrogens with zero attached hydrogens (tertiary/aromatic N) is 2. The molecule has 0 aromatic carbocycles. The van der Waals surface area contributed by atoms with Gasteiger partial charge < -0.3 is 10.7 Å². The summed E-state index contributed by atoms with van der Waals surface area (Å²) in [5.74, 6) is 0.243. The first-order valence-corrected chi connectivity index (χ1v) is 4.02. The van der Waals surface area contributed by atoms with Crippen molar-refractivity contribution in [3.05, 3.63) is 38.7 Å². The Kier molecular flexibility index (Phi) is 1.86. The topological polar surface area (TPSA) is 115 Å². The van der Waals surface area contributed by atoms with E-state index in [9.17, 15) is 14.9 Å². The van der Waals surface area contributed by atoms with Gasteiger partial charge in [-0.25, -0.2) is 4.98 Å². The van der Waals surface area contributed by atoms with E-state index in [1.807, 2.05) is 0 Å². The number of hydrogen-bond acceptors (Lipinski definition) is 5. The molecule has 0 atom stereocenters. The zero-order chi connectivity index (χ0) is 11.0. The molecule has 0 fully saturated rings. The highest BCUT2D eigenvalue weighted by molar-refractivity contribution is 5.78. The fourth-order valence-electron chi connectivity index (χ4n) is 1.22. The summed E-state index contributed by atoms with van der Waals surface area (Å²) >= 11 is 0. The molecule has 2 rings (SSSR count). The Morgan fingerprint density at radius 3 is 2.87 bits per heavy atom. The first-order chi connectivity index (χ1) is 7.08. The number of aromatic nitrogens is 2. The van der Waals surface area contributed by atoms with E-state index in [0.29, 0.717) is 5.39 Å². The van der Waals surface area contributed by atoms with Crippen molar-refractivity contribution in [2.75, 3.05) is 5.73 Å². The van der Waals surface area contributed by atoms with Gasteiger partial charge in [0.1, 0.15) is 11.5 Å². The van der Waals surface area contributed by atoms with Crippen molar-refractivity contribution in [3.63, 3.8) is 0 Å². The van der Waals surface area contributed by atoms with Crippen molar-refractivity contribution in [2.45, 2.75) is 0 Å². The number of H-pyrrole nitrogens is 1. The maximum Gasteiger partial charge on any atom is 0.334 e. The molecular formula is C8H6N4O3. The Morgan fingerprint density at radius 2 is 2.20 bits per heavy atom. The molecule has 76 valence electrons. The lowest BCUT2D eigenvalue weighted by molar-refractivity contribution is -0.386. The van der Waals surface area contributed by atoms with Crippen LogP contribution in [0.2, 0.25) is 0 Å². The monoisotopic (exact) mass is 206 g/mol. The minimum Gasteiger partial charge on any atom is -0.384 e. The zero-order valence-corrected chi connectivity index (χ0v) is 7.43. The summed E-state index contributed by atoms with van der Waals surface area (Å²) in [6, 6.07) is 4.23. The quantitative estimate of drug-likeness (QED) is 0.518. The molecule has 0 radical (unpaired) electrons. The Hall–Kier alpha value is -2.44. The van der Waals surface area contributed by atoms with Gasteiger partial charge in [-0.05, 0) is 12.1 Å². The largest absolute Gasteiger partial charge is 0.384 e. The smallest absolute Gasteiger partial charge is 0.334 e. The van der Waals surface area contributed by atoms with Gasteiger partial charge in [-0.2, -0.15) is 0 Å². The van der Waals surface area contributed by atoms with Crippen molar-refractivity contribution in [1.29, 1.82) is 0 Å². The van der Waals surface area contributed by atoms with E-state index in [1.165, 1.54) is 12.1 Å². The molecule has 0 bridgehead atoms. The molecule has 0 saturated carbocycles. The van der Waals surface area contributed by atoms with Gasteiger partial charge in [0, 0.05) is 11.5 Å². The van der Waals surface area contributed by atoms with Crippen LogP contribution >= 0.6 is 0 Å². The van der Waals surface area contributed by atoms with Crippen molar-refractivity contribution in [1.82, 2.24) is 9.97 Å². The Morgan fingerprint density at radius 1 is 1.47 bits per heavy atom. The fraction of sp³-hybridized carbons (Fsp3) is 0. The summed E-state index contributed by atoms with van der Waals surface area (Å²) < 4.78 is 0. The summed E-state index contributed by atoms with van der Waals surface area (Å²) in [7, 11) is 0. The SMILES string of the molecule is Nc1ccc2cc([N+](=O)[O-])c(=O)[nH]c2n1. The molecule has 2 heterocycles. The van der Waals surface area contributed by atoms with E-state index in [4.69, 9.17) is 5.73 Å². The summed E-state index contributed by atoms with van der Waals surface area (Å²) in [4.78, 5) is 27.1. The van der Waals surface area contributed by atoms with Crippen LogP contribution in [-0.4, -0.2) is 14.9 Å². The van der Waals surface area contributed by atoms with Crippen LogP contribution < -0.4 is 11.3 Å². The van der Waals surface area contributed by atoms with Gasteiger partial charge in [0.15, 0.2) is 0 Å². The Balaban J connectivity index is 2.82. The van der Waals surface area contributed by atoms with E-state index in [1.54, 1.807) is 6.07 Å². The molecular weight excluding hydrogens is 200 g/mol. The van der Waals surface area contributed by atoms with Crippen molar-refractivity contribution >= 4 is 22.5 Å². The lowest BCUT2D eigenvalue weighted by Gasteiger charge is -1.97. The summed E-state index contributed by atoms with van der Waals surface area (Å²) in [6.45, 7) is 0. The van der Waals surface area contributed by atoms with E-state index < -0.39 is 16.2 Å². The number of nitrogen functional groups attached to an aromatic ring is 1. The highest BCUT2D eigenvalue weighted by atomic mass is 16.6. The van der Waals surface area contributed by atoms with Crippen molar-refractivity contribution < 1.29 is 4.92 Å². The van der Waals surface area contributed by atoms with Crippen LogP contribution in [0.4, 0.5) is 11.5 Å². The van der Waals surface area contributed by atoms with Crippen LogP contribution in [0, 0.1) is 10.1 Å². The second kappa shape index (κ2) is 3.05. The minimum absolute atomic E-state index is 0.241. The van der Waals surface area contributed by atoms with Gasteiger partial charge in [0.2, 0.25) is 0 Å². The maximum absolute atomic E-state index is 11.2. The average molecular weight is 206 g/mol. The molecule has 3 N–H and O–H groups in total. The standard InChI is InChI=1S/C8H6N4O3/c9-6-2-1-4-3-5(12(14)15)8(13)11-7(4)10-6/h1-3H,(H3,9,10,11,13). The van der Waals surface area contributed by atoms with Gasteiger partial charge in [-0.1, -0.05) is 0 Å². The van der Waals surface area contributed by atoms with Crippen LogP contribution in [0.5, 0.6) is 0 Å². The first kappa shape index (κ1) is 9.13. The number of anilines is 1. The molecule has 2 aromatic rings. The van der Waals surface area contributed by atoms with E-state index >= 15 is 0 Å². The van der Waals surface area contributed by atoms with Crippen LogP contribution in [-0.2, 0) is 0 Å². The molecule has 0 unspecified atom stereocenters. The van der Waals surface area contributed by atoms with E-state index in [0.717, 1.165) is 0 Å². The maximum atomic E-state index is 11.2. The lowest BCUT2D eigenvalue weighted by atomic mass is 10.2. The molecule has 0 aliphatic heterocycles. The Labute approximate surface area is 82.7 Å². The average Bonchev–Trinajstić information content (AvgIpc) is 2.15. The van der Waals surface area contributed by atoms with Crippen LogP contribution in [0.25, 0.3) is 11.0 Å². The second-order valence-electron chi connectivity index (χ2n) is 2.91. The highest BCUT2D eigenvalue weighted by Gasteiger charge is 2.13. The number of hydrogen-bond donors (Lipinski definition) is 2. The summed E-state index contributed by atoms with van der Waals surface area (Å²) in [5, 5.41) is 10.9. The van der Waals surface area contributed by atoms with Crippen molar-refractivity contribution in [3.8, 4) is 0 Å². The number of nitrogens with one attached hydrogen (secondary N) is 1. The molecule has 0 spiro atoms. The number of nitro groups is 1. The zero-order valence-electron chi connectivity index (χ0n) is 7.43. The number of nitrogens with two attached hydrogens (primary N) is 1. The molecule has 0 aliphatic rings. The molecule has 0 aliphatic carbocycles. The fourth-order valence-corrected chi connectivity index (χ4v) is 1.22. The lowest BCUT2D eigenvalue weighted by Crippen LogP contribution is -2.11. The second-order valence-corrected chi connectivity index (χ2v) is 2.91.